The van der Waals surface area contributed by atoms with Crippen LogP contribution in [0.1, 0.15) is 12.6 Å². The maximum absolute atomic E-state index is 6.29. The van der Waals surface area contributed by atoms with Crippen LogP contribution in [0.3, 0.4) is 0 Å². The normalized spacial score (nSPS) is 11.3. The van der Waals surface area contributed by atoms with Crippen LogP contribution in [0.2, 0.25) is 5.02 Å². The second-order valence-electron chi connectivity index (χ2n) is 4.25. The van der Waals surface area contributed by atoms with E-state index in [4.69, 9.17) is 17.3 Å². The summed E-state index contributed by atoms with van der Waals surface area (Å²) < 4.78 is 2.11. The van der Waals surface area contributed by atoms with Gasteiger partial charge in [-0.1, -0.05) is 29.0 Å². The van der Waals surface area contributed by atoms with Crippen LogP contribution in [-0.2, 0) is 6.54 Å². The van der Waals surface area contributed by atoms with E-state index in [1.165, 1.54) is 11.3 Å². The predicted octanol–water partition coefficient (Wildman–Crippen LogP) is 3.72. The molecule has 3 aromatic rings. The smallest absolute Gasteiger partial charge is 0.180 e. The summed E-state index contributed by atoms with van der Waals surface area (Å²) in [6, 6.07) is 5.77. The maximum atomic E-state index is 6.29. The van der Waals surface area contributed by atoms with Crippen molar-refractivity contribution in [2.24, 2.45) is 0 Å². The second kappa shape index (κ2) is 4.51. The Kier molecular flexibility index (Phi) is 2.95. The number of fused-ring (bicyclic) bond motifs is 1. The van der Waals surface area contributed by atoms with Crippen molar-refractivity contribution in [3.05, 3.63) is 28.9 Å². The molecular formula is C13H13ClN4S. The number of hydrogen-bond donors (Lipinski definition) is 1. The van der Waals surface area contributed by atoms with E-state index in [-0.39, 0.29) is 0 Å². The number of aromatic nitrogens is 3. The van der Waals surface area contributed by atoms with Crippen molar-refractivity contribution in [3.8, 4) is 10.7 Å². The zero-order chi connectivity index (χ0) is 13.6. The Morgan fingerprint density at radius 2 is 2.16 bits per heavy atom. The Balaban J connectivity index is 2.36. The van der Waals surface area contributed by atoms with Crippen LogP contribution >= 0.6 is 22.9 Å². The summed E-state index contributed by atoms with van der Waals surface area (Å²) in [5, 5.41) is 1.28. The summed E-state index contributed by atoms with van der Waals surface area (Å²) >= 11 is 7.75. The highest BCUT2D eigenvalue weighted by atomic mass is 35.5. The molecule has 0 aliphatic heterocycles. The molecule has 6 heteroatoms. The molecule has 0 bridgehead atoms. The van der Waals surface area contributed by atoms with E-state index in [2.05, 4.69) is 21.5 Å². The number of nitrogens with zero attached hydrogens (tertiary/aromatic N) is 3. The number of halogens is 1. The summed E-state index contributed by atoms with van der Waals surface area (Å²) in [6.07, 6.45) is 0. The Hall–Kier alpha value is -1.59. The van der Waals surface area contributed by atoms with E-state index in [0.29, 0.717) is 10.2 Å². The number of hydrogen-bond acceptors (Lipinski definition) is 4. The molecule has 0 unspecified atom stereocenters. The van der Waals surface area contributed by atoms with E-state index in [1.807, 2.05) is 25.1 Å². The maximum Gasteiger partial charge on any atom is 0.180 e. The Labute approximate surface area is 119 Å². The van der Waals surface area contributed by atoms with Gasteiger partial charge in [0.1, 0.15) is 0 Å². The Bertz CT molecular complexity index is 759. The van der Waals surface area contributed by atoms with E-state index >= 15 is 0 Å². The molecule has 2 heterocycles. The monoisotopic (exact) mass is 292 g/mol. The summed E-state index contributed by atoms with van der Waals surface area (Å²) in [4.78, 5) is 9.95. The fourth-order valence-electron chi connectivity index (χ4n) is 2.25. The van der Waals surface area contributed by atoms with Gasteiger partial charge in [-0.3, -0.25) is 0 Å². The Morgan fingerprint density at radius 3 is 2.79 bits per heavy atom. The van der Waals surface area contributed by atoms with Gasteiger partial charge in [0, 0.05) is 6.54 Å². The number of imidazole rings is 1. The minimum absolute atomic E-state index is 0.563. The molecule has 0 atom stereocenters. The van der Waals surface area contributed by atoms with Crippen molar-refractivity contribution in [3.63, 3.8) is 0 Å². The first-order valence-electron chi connectivity index (χ1n) is 5.99. The lowest BCUT2D eigenvalue weighted by atomic mass is 10.3. The predicted molar refractivity (Wildman–Crippen MR) is 80.7 cm³/mol. The molecule has 4 nitrogen and oxygen atoms in total. The largest absolute Gasteiger partial charge is 0.375 e. The van der Waals surface area contributed by atoms with Crippen molar-refractivity contribution in [1.82, 2.24) is 14.5 Å². The lowest BCUT2D eigenvalue weighted by Crippen LogP contribution is -1.97. The third-order valence-corrected chi connectivity index (χ3v) is 4.34. The van der Waals surface area contributed by atoms with Gasteiger partial charge in [-0.05, 0) is 26.0 Å². The topological polar surface area (TPSA) is 56.7 Å². The highest BCUT2D eigenvalue weighted by Crippen LogP contribution is 2.34. The minimum Gasteiger partial charge on any atom is -0.375 e. The van der Waals surface area contributed by atoms with Crippen molar-refractivity contribution in [1.29, 1.82) is 0 Å². The van der Waals surface area contributed by atoms with Gasteiger partial charge in [-0.15, -0.1) is 0 Å². The van der Waals surface area contributed by atoms with Gasteiger partial charge in [0.25, 0.3) is 0 Å². The highest BCUT2D eigenvalue weighted by Gasteiger charge is 2.18. The zero-order valence-electron chi connectivity index (χ0n) is 10.6. The van der Waals surface area contributed by atoms with Crippen LogP contribution < -0.4 is 5.73 Å². The van der Waals surface area contributed by atoms with Gasteiger partial charge < -0.3 is 10.3 Å². The number of thiazole rings is 1. The number of aryl methyl sites for hydroxylation is 2. The summed E-state index contributed by atoms with van der Waals surface area (Å²) in [7, 11) is 0. The number of nitrogen functional groups attached to an aromatic ring is 1. The zero-order valence-corrected chi connectivity index (χ0v) is 12.2. The van der Waals surface area contributed by atoms with Crippen molar-refractivity contribution >= 4 is 39.1 Å². The van der Waals surface area contributed by atoms with Crippen molar-refractivity contribution in [2.75, 3.05) is 5.73 Å². The molecule has 3 rings (SSSR count). The molecule has 1 aromatic carbocycles. The van der Waals surface area contributed by atoms with Gasteiger partial charge >= 0.3 is 0 Å². The SMILES string of the molecule is CCn1c(-c2sc(N)nc2C)nc2cccc(Cl)c21. The highest BCUT2D eigenvalue weighted by molar-refractivity contribution is 7.18. The fraction of sp³-hybridized carbons (Fsp3) is 0.231. The number of rotatable bonds is 2. The molecule has 0 fully saturated rings. The lowest BCUT2D eigenvalue weighted by Gasteiger charge is -2.05. The third kappa shape index (κ3) is 1.89. The molecule has 2 N–H and O–H groups in total. The molecule has 0 spiro atoms. The van der Waals surface area contributed by atoms with Crippen LogP contribution in [0.25, 0.3) is 21.7 Å². The molecule has 0 radical (unpaired) electrons. The number of anilines is 1. The molecule has 2 aromatic heterocycles. The van der Waals surface area contributed by atoms with Crippen LogP contribution in [0, 0.1) is 6.92 Å². The van der Waals surface area contributed by atoms with Crippen LogP contribution in [0.5, 0.6) is 0 Å². The standard InChI is InChI=1S/C13H13ClN4S/c1-3-18-10-8(14)5-4-6-9(10)17-12(18)11-7(2)16-13(15)19-11/h4-6H,3H2,1-2H3,(H2,15,16). The van der Waals surface area contributed by atoms with Gasteiger partial charge in [0.05, 0.1) is 26.6 Å². The van der Waals surface area contributed by atoms with E-state index < -0.39 is 0 Å². The Morgan fingerprint density at radius 1 is 1.37 bits per heavy atom. The summed E-state index contributed by atoms with van der Waals surface area (Å²) in [5.74, 6) is 0.886. The molecule has 98 valence electrons. The molecule has 19 heavy (non-hydrogen) atoms. The van der Waals surface area contributed by atoms with Crippen LogP contribution in [0.15, 0.2) is 18.2 Å². The van der Waals surface area contributed by atoms with E-state index in [1.54, 1.807) is 0 Å². The number of nitrogens with two attached hydrogens (primary N) is 1. The van der Waals surface area contributed by atoms with Crippen molar-refractivity contribution in [2.45, 2.75) is 20.4 Å². The van der Waals surface area contributed by atoms with Gasteiger partial charge in [0.2, 0.25) is 0 Å². The van der Waals surface area contributed by atoms with Crippen molar-refractivity contribution < 1.29 is 0 Å². The fourth-order valence-corrected chi connectivity index (χ4v) is 3.35. The van der Waals surface area contributed by atoms with Gasteiger partial charge in [-0.25, -0.2) is 9.97 Å². The third-order valence-electron chi connectivity index (χ3n) is 3.05. The molecule has 0 saturated heterocycles. The van der Waals surface area contributed by atoms with E-state index in [0.717, 1.165) is 34.0 Å². The second-order valence-corrected chi connectivity index (χ2v) is 5.69. The number of para-hydroxylation sites is 1. The molecular weight excluding hydrogens is 280 g/mol. The average molecular weight is 293 g/mol. The number of benzene rings is 1. The molecule has 0 amide bonds. The first-order chi connectivity index (χ1) is 9.11. The molecule has 0 aliphatic rings. The van der Waals surface area contributed by atoms with Crippen LogP contribution in [-0.4, -0.2) is 14.5 Å². The molecule has 0 aliphatic carbocycles. The lowest BCUT2D eigenvalue weighted by molar-refractivity contribution is 0.797. The quantitative estimate of drug-likeness (QED) is 0.783. The summed E-state index contributed by atoms with van der Waals surface area (Å²) in [6.45, 7) is 4.82. The summed E-state index contributed by atoms with van der Waals surface area (Å²) in [5.41, 5.74) is 8.55. The average Bonchev–Trinajstić information content (AvgIpc) is 2.89. The minimum atomic E-state index is 0.563. The van der Waals surface area contributed by atoms with Crippen LogP contribution in [0.4, 0.5) is 5.13 Å². The van der Waals surface area contributed by atoms with Gasteiger partial charge in [0.15, 0.2) is 11.0 Å². The first-order valence-corrected chi connectivity index (χ1v) is 7.19. The van der Waals surface area contributed by atoms with Gasteiger partial charge in [-0.2, -0.15) is 0 Å². The molecule has 0 saturated carbocycles. The first kappa shape index (κ1) is 12.4. The van der Waals surface area contributed by atoms with E-state index in [9.17, 15) is 0 Å².